The van der Waals surface area contributed by atoms with Crippen molar-refractivity contribution < 1.29 is 14.4 Å². The second-order valence-electron chi connectivity index (χ2n) is 3.36. The molecule has 0 radical (unpaired) electrons. The molecule has 80 valence electrons. The van der Waals surface area contributed by atoms with Crippen LogP contribution >= 0.6 is 0 Å². The van der Waals surface area contributed by atoms with Crippen LogP contribution in [0.15, 0.2) is 42.7 Å². The monoisotopic (exact) mass is 217 g/mol. The third-order valence-electron chi connectivity index (χ3n) is 2.24. The molecular formula is C11H9BFNO2. The van der Waals surface area contributed by atoms with Crippen molar-refractivity contribution in [2.75, 3.05) is 0 Å². The standard InChI is InChI=1S/C11H9BFNO2/c13-11-4-2-1-3-10(11)8-5-9(12(15)16)7-14-6-8/h1-7,15-16H. The van der Waals surface area contributed by atoms with Crippen molar-refractivity contribution in [3.8, 4) is 11.1 Å². The summed E-state index contributed by atoms with van der Waals surface area (Å²) in [5.74, 6) is -0.367. The maximum absolute atomic E-state index is 13.5. The molecule has 0 fully saturated rings. The molecule has 2 rings (SSSR count). The van der Waals surface area contributed by atoms with E-state index in [1.807, 2.05) is 0 Å². The topological polar surface area (TPSA) is 53.4 Å². The summed E-state index contributed by atoms with van der Waals surface area (Å²) in [5.41, 5.74) is 1.14. The van der Waals surface area contributed by atoms with Gasteiger partial charge in [-0.2, -0.15) is 0 Å². The first kappa shape index (κ1) is 10.8. The second-order valence-corrected chi connectivity index (χ2v) is 3.36. The lowest BCUT2D eigenvalue weighted by atomic mass is 9.80. The van der Waals surface area contributed by atoms with E-state index in [2.05, 4.69) is 4.98 Å². The molecule has 2 aromatic rings. The van der Waals surface area contributed by atoms with Gasteiger partial charge in [0.05, 0.1) is 0 Å². The van der Waals surface area contributed by atoms with E-state index in [4.69, 9.17) is 10.0 Å². The van der Waals surface area contributed by atoms with Crippen LogP contribution in [0.1, 0.15) is 0 Å². The molecule has 1 heterocycles. The number of pyridine rings is 1. The molecule has 0 aliphatic heterocycles. The smallest absolute Gasteiger partial charge is 0.423 e. The number of hydrogen-bond donors (Lipinski definition) is 2. The predicted octanol–water partition coefficient (Wildman–Crippen LogP) is 0.567. The zero-order chi connectivity index (χ0) is 11.5. The van der Waals surface area contributed by atoms with Crippen LogP contribution < -0.4 is 5.46 Å². The van der Waals surface area contributed by atoms with Crippen molar-refractivity contribution >= 4 is 12.6 Å². The number of nitrogens with zero attached hydrogens (tertiary/aromatic N) is 1. The normalized spacial score (nSPS) is 10.2. The van der Waals surface area contributed by atoms with E-state index >= 15 is 0 Å². The summed E-state index contributed by atoms with van der Waals surface area (Å²) in [6.45, 7) is 0. The highest BCUT2D eigenvalue weighted by molar-refractivity contribution is 6.58. The van der Waals surface area contributed by atoms with E-state index in [1.54, 1.807) is 18.2 Å². The van der Waals surface area contributed by atoms with Crippen molar-refractivity contribution in [2.24, 2.45) is 0 Å². The fourth-order valence-corrected chi connectivity index (χ4v) is 1.44. The lowest BCUT2D eigenvalue weighted by molar-refractivity contribution is 0.425. The molecule has 0 amide bonds. The average molecular weight is 217 g/mol. The fourth-order valence-electron chi connectivity index (χ4n) is 1.44. The van der Waals surface area contributed by atoms with Gasteiger partial charge < -0.3 is 10.0 Å². The van der Waals surface area contributed by atoms with Gasteiger partial charge in [0.1, 0.15) is 5.82 Å². The van der Waals surface area contributed by atoms with Gasteiger partial charge in [0.25, 0.3) is 0 Å². The van der Waals surface area contributed by atoms with Gasteiger partial charge in [0, 0.05) is 29.0 Å². The molecule has 16 heavy (non-hydrogen) atoms. The summed E-state index contributed by atoms with van der Waals surface area (Å²) in [4.78, 5) is 3.84. The van der Waals surface area contributed by atoms with Crippen LogP contribution in [-0.2, 0) is 0 Å². The summed E-state index contributed by atoms with van der Waals surface area (Å²) in [6, 6.07) is 7.75. The van der Waals surface area contributed by atoms with Gasteiger partial charge in [0.2, 0.25) is 0 Å². The molecule has 0 bridgehead atoms. The number of aromatic nitrogens is 1. The zero-order valence-electron chi connectivity index (χ0n) is 8.34. The third kappa shape index (κ3) is 2.10. The van der Waals surface area contributed by atoms with Gasteiger partial charge in [-0.1, -0.05) is 24.3 Å². The van der Waals surface area contributed by atoms with E-state index in [0.717, 1.165) is 0 Å². The zero-order valence-corrected chi connectivity index (χ0v) is 8.34. The molecule has 0 saturated heterocycles. The molecule has 1 aromatic heterocycles. The first-order chi connectivity index (χ1) is 7.68. The molecule has 0 atom stereocenters. The Bertz CT molecular complexity index is 505. The number of hydrogen-bond acceptors (Lipinski definition) is 3. The van der Waals surface area contributed by atoms with Crippen molar-refractivity contribution in [3.63, 3.8) is 0 Å². The summed E-state index contributed by atoms with van der Waals surface area (Å²) in [6.07, 6.45) is 2.80. The first-order valence-corrected chi connectivity index (χ1v) is 4.74. The Morgan fingerprint density at radius 2 is 1.88 bits per heavy atom. The number of halogens is 1. The van der Waals surface area contributed by atoms with E-state index in [0.29, 0.717) is 11.1 Å². The van der Waals surface area contributed by atoms with E-state index in [1.165, 1.54) is 24.5 Å². The largest absolute Gasteiger partial charge is 0.490 e. The van der Waals surface area contributed by atoms with Crippen LogP contribution in [0.4, 0.5) is 4.39 Å². The summed E-state index contributed by atoms with van der Waals surface area (Å²) in [7, 11) is -1.60. The quantitative estimate of drug-likeness (QED) is 0.723. The minimum Gasteiger partial charge on any atom is -0.423 e. The molecule has 0 aliphatic rings. The summed E-state index contributed by atoms with van der Waals surface area (Å²) in [5, 5.41) is 18.0. The van der Waals surface area contributed by atoms with Gasteiger partial charge >= 0.3 is 7.12 Å². The molecule has 2 N–H and O–H groups in total. The highest BCUT2D eigenvalue weighted by Crippen LogP contribution is 2.20. The van der Waals surface area contributed by atoms with Gasteiger partial charge in [-0.15, -0.1) is 0 Å². The number of benzene rings is 1. The van der Waals surface area contributed by atoms with Crippen LogP contribution in [0.5, 0.6) is 0 Å². The van der Waals surface area contributed by atoms with Crippen molar-refractivity contribution in [2.45, 2.75) is 0 Å². The highest BCUT2D eigenvalue weighted by atomic mass is 19.1. The molecular weight excluding hydrogens is 208 g/mol. The Kier molecular flexibility index (Phi) is 2.98. The minimum absolute atomic E-state index is 0.237. The lowest BCUT2D eigenvalue weighted by Crippen LogP contribution is -2.30. The van der Waals surface area contributed by atoms with Crippen molar-refractivity contribution in [1.82, 2.24) is 4.98 Å². The van der Waals surface area contributed by atoms with E-state index < -0.39 is 7.12 Å². The molecule has 0 aliphatic carbocycles. The van der Waals surface area contributed by atoms with Gasteiger partial charge in [-0.25, -0.2) is 4.39 Å². The van der Waals surface area contributed by atoms with E-state index in [9.17, 15) is 4.39 Å². The summed E-state index contributed by atoms with van der Waals surface area (Å²) >= 11 is 0. The van der Waals surface area contributed by atoms with Gasteiger partial charge in [0.15, 0.2) is 0 Å². The Morgan fingerprint density at radius 1 is 1.12 bits per heavy atom. The molecule has 0 spiro atoms. The Morgan fingerprint density at radius 3 is 2.56 bits per heavy atom. The minimum atomic E-state index is -1.60. The van der Waals surface area contributed by atoms with Crippen molar-refractivity contribution in [1.29, 1.82) is 0 Å². The Labute approximate surface area is 92.4 Å². The van der Waals surface area contributed by atoms with Crippen LogP contribution in [0.2, 0.25) is 0 Å². The van der Waals surface area contributed by atoms with E-state index in [-0.39, 0.29) is 11.3 Å². The third-order valence-corrected chi connectivity index (χ3v) is 2.24. The summed E-state index contributed by atoms with van der Waals surface area (Å²) < 4.78 is 13.5. The van der Waals surface area contributed by atoms with Crippen molar-refractivity contribution in [3.05, 3.63) is 48.5 Å². The second kappa shape index (κ2) is 4.43. The van der Waals surface area contributed by atoms with Gasteiger partial charge in [-0.3, -0.25) is 4.98 Å². The van der Waals surface area contributed by atoms with Gasteiger partial charge in [-0.05, 0) is 6.07 Å². The maximum Gasteiger partial charge on any atom is 0.490 e. The fraction of sp³-hybridized carbons (Fsp3) is 0. The molecule has 1 aromatic carbocycles. The molecule has 0 unspecified atom stereocenters. The average Bonchev–Trinajstić information content (AvgIpc) is 2.30. The molecule has 0 saturated carbocycles. The maximum atomic E-state index is 13.5. The predicted molar refractivity (Wildman–Crippen MR) is 59.5 cm³/mol. The Balaban J connectivity index is 2.49. The van der Waals surface area contributed by atoms with Crippen LogP contribution in [-0.4, -0.2) is 22.2 Å². The molecule has 5 heteroatoms. The highest BCUT2D eigenvalue weighted by Gasteiger charge is 2.13. The Hall–Kier alpha value is -1.72. The molecule has 3 nitrogen and oxygen atoms in total. The van der Waals surface area contributed by atoms with Crippen LogP contribution in [0.3, 0.4) is 0 Å². The number of rotatable bonds is 2. The van der Waals surface area contributed by atoms with Crippen LogP contribution in [0.25, 0.3) is 11.1 Å². The SMILES string of the molecule is OB(O)c1cncc(-c2ccccc2F)c1. The van der Waals surface area contributed by atoms with Crippen LogP contribution in [0, 0.1) is 5.82 Å². The lowest BCUT2D eigenvalue weighted by Gasteiger charge is -2.05. The first-order valence-electron chi connectivity index (χ1n) is 4.74.